The minimum Gasteiger partial charge on any atom is -0.381 e. The molecule has 1 amide bonds. The molecule has 0 spiro atoms. The molecule has 1 aliphatic rings. The second-order valence-electron chi connectivity index (χ2n) is 3.76. The number of likely N-dealkylation sites (N-methyl/N-ethyl adjacent to an activating group) is 1. The van der Waals surface area contributed by atoms with Crippen LogP contribution in [-0.2, 0) is 9.53 Å². The van der Waals surface area contributed by atoms with Crippen LogP contribution in [-0.4, -0.2) is 38.8 Å². The second kappa shape index (κ2) is 5.98. The fourth-order valence-electron chi connectivity index (χ4n) is 1.83. The molecule has 82 valence electrons. The lowest BCUT2D eigenvalue weighted by Crippen LogP contribution is -2.40. The molecule has 0 aromatic carbocycles. The Bertz CT molecular complexity index is 177. The number of hydrogen-bond acceptors (Lipinski definition) is 3. The van der Waals surface area contributed by atoms with Crippen molar-refractivity contribution in [3.63, 3.8) is 0 Å². The molecule has 4 nitrogen and oxygen atoms in total. The number of ether oxygens (including phenoxy) is 1. The molecule has 14 heavy (non-hydrogen) atoms. The Morgan fingerprint density at radius 3 is 2.50 bits per heavy atom. The van der Waals surface area contributed by atoms with Gasteiger partial charge in [-0.25, -0.2) is 0 Å². The first-order valence-corrected chi connectivity index (χ1v) is 5.23. The van der Waals surface area contributed by atoms with Gasteiger partial charge >= 0.3 is 0 Å². The highest BCUT2D eigenvalue weighted by Crippen LogP contribution is 2.20. The molecule has 2 N–H and O–H groups in total. The van der Waals surface area contributed by atoms with E-state index in [1.54, 1.807) is 14.2 Å². The molecule has 0 aliphatic heterocycles. The molecule has 1 rings (SSSR count). The minimum atomic E-state index is 0.0545. The molecular weight excluding hydrogens is 180 g/mol. The first-order chi connectivity index (χ1) is 6.76. The molecule has 4 heteroatoms. The standard InChI is InChI=1S/C10H20N2O2/c1-11-10(13)7-12-8-3-5-9(14-2)6-4-8/h8-9,12H,3-7H2,1-2H3,(H,11,13). The Morgan fingerprint density at radius 2 is 2.00 bits per heavy atom. The highest BCUT2D eigenvalue weighted by molar-refractivity contribution is 5.77. The fourth-order valence-corrected chi connectivity index (χ4v) is 1.83. The molecule has 0 bridgehead atoms. The zero-order chi connectivity index (χ0) is 10.4. The molecule has 1 fully saturated rings. The number of methoxy groups -OCH3 is 1. The number of carbonyl (C=O) groups excluding carboxylic acids is 1. The van der Waals surface area contributed by atoms with Crippen LogP contribution in [0, 0.1) is 0 Å². The third kappa shape index (κ3) is 3.64. The maximum atomic E-state index is 11.0. The van der Waals surface area contributed by atoms with Gasteiger partial charge in [-0.05, 0) is 25.7 Å². The molecule has 0 aromatic rings. The van der Waals surface area contributed by atoms with Gasteiger partial charge in [0.15, 0.2) is 0 Å². The third-order valence-corrected chi connectivity index (χ3v) is 2.84. The average molecular weight is 200 g/mol. The van der Waals surface area contributed by atoms with Gasteiger partial charge in [0.25, 0.3) is 0 Å². The molecule has 0 atom stereocenters. The van der Waals surface area contributed by atoms with Gasteiger partial charge in [-0.1, -0.05) is 0 Å². The summed E-state index contributed by atoms with van der Waals surface area (Å²) in [7, 11) is 3.43. The lowest BCUT2D eigenvalue weighted by atomic mass is 9.93. The predicted octanol–water partition coefficient (Wildman–Crippen LogP) is 0.280. The first-order valence-electron chi connectivity index (χ1n) is 5.23. The monoisotopic (exact) mass is 200 g/mol. The van der Waals surface area contributed by atoms with E-state index < -0.39 is 0 Å². The Balaban J connectivity index is 2.13. The van der Waals surface area contributed by atoms with Crippen LogP contribution in [0.25, 0.3) is 0 Å². The summed E-state index contributed by atoms with van der Waals surface area (Å²) in [5, 5.41) is 5.85. The molecular formula is C10H20N2O2. The van der Waals surface area contributed by atoms with Gasteiger partial charge in [0.05, 0.1) is 12.6 Å². The third-order valence-electron chi connectivity index (χ3n) is 2.84. The number of nitrogens with one attached hydrogen (secondary N) is 2. The van der Waals surface area contributed by atoms with Crippen molar-refractivity contribution in [2.75, 3.05) is 20.7 Å². The molecule has 0 heterocycles. The predicted molar refractivity (Wildman–Crippen MR) is 55.1 cm³/mol. The topological polar surface area (TPSA) is 50.4 Å². The van der Waals surface area contributed by atoms with Crippen molar-refractivity contribution in [1.29, 1.82) is 0 Å². The van der Waals surface area contributed by atoms with Crippen molar-refractivity contribution in [3.05, 3.63) is 0 Å². The van der Waals surface area contributed by atoms with Crippen LogP contribution >= 0.6 is 0 Å². The number of amides is 1. The maximum Gasteiger partial charge on any atom is 0.233 e. The SMILES string of the molecule is CNC(=O)CNC1CCC(OC)CC1. The zero-order valence-corrected chi connectivity index (χ0v) is 9.01. The van der Waals surface area contributed by atoms with Crippen molar-refractivity contribution in [2.24, 2.45) is 0 Å². The Morgan fingerprint density at radius 1 is 1.36 bits per heavy atom. The highest BCUT2D eigenvalue weighted by Gasteiger charge is 2.20. The van der Waals surface area contributed by atoms with Gasteiger partial charge < -0.3 is 15.4 Å². The Kier molecular flexibility index (Phi) is 4.90. The molecule has 0 unspecified atom stereocenters. The van der Waals surface area contributed by atoms with Crippen LogP contribution in [0.15, 0.2) is 0 Å². The smallest absolute Gasteiger partial charge is 0.233 e. The van der Waals surface area contributed by atoms with E-state index in [-0.39, 0.29) is 5.91 Å². The summed E-state index contributed by atoms with van der Waals surface area (Å²) in [5.74, 6) is 0.0545. The van der Waals surface area contributed by atoms with E-state index in [0.717, 1.165) is 25.7 Å². The van der Waals surface area contributed by atoms with Crippen LogP contribution in [0.1, 0.15) is 25.7 Å². The summed E-state index contributed by atoms with van der Waals surface area (Å²) in [6.45, 7) is 0.429. The summed E-state index contributed by atoms with van der Waals surface area (Å²) in [5.41, 5.74) is 0. The first kappa shape index (κ1) is 11.5. The lowest BCUT2D eigenvalue weighted by molar-refractivity contribution is -0.119. The van der Waals surface area contributed by atoms with Crippen molar-refractivity contribution in [3.8, 4) is 0 Å². The van der Waals surface area contributed by atoms with Crippen molar-refractivity contribution >= 4 is 5.91 Å². The molecule has 1 saturated carbocycles. The van der Waals surface area contributed by atoms with Crippen LogP contribution in [0.4, 0.5) is 0 Å². The maximum absolute atomic E-state index is 11.0. The van der Waals surface area contributed by atoms with E-state index in [1.165, 1.54) is 0 Å². The van der Waals surface area contributed by atoms with Crippen molar-refractivity contribution < 1.29 is 9.53 Å². The van der Waals surface area contributed by atoms with E-state index in [4.69, 9.17) is 4.74 Å². The lowest BCUT2D eigenvalue weighted by Gasteiger charge is -2.28. The van der Waals surface area contributed by atoms with Gasteiger partial charge in [-0.3, -0.25) is 4.79 Å². The summed E-state index contributed by atoms with van der Waals surface area (Å²) in [4.78, 5) is 11.0. The average Bonchev–Trinajstić information content (AvgIpc) is 2.26. The summed E-state index contributed by atoms with van der Waals surface area (Å²) >= 11 is 0. The number of hydrogen-bond donors (Lipinski definition) is 2. The summed E-state index contributed by atoms with van der Waals surface area (Å²) in [6, 6.07) is 0.485. The second-order valence-corrected chi connectivity index (χ2v) is 3.76. The van der Waals surface area contributed by atoms with Crippen molar-refractivity contribution in [1.82, 2.24) is 10.6 Å². The van der Waals surface area contributed by atoms with E-state index >= 15 is 0 Å². The van der Waals surface area contributed by atoms with Gasteiger partial charge in [0, 0.05) is 20.2 Å². The zero-order valence-electron chi connectivity index (χ0n) is 9.01. The number of carbonyl (C=O) groups is 1. The number of rotatable bonds is 4. The molecule has 0 aromatic heterocycles. The molecule has 0 saturated heterocycles. The largest absolute Gasteiger partial charge is 0.381 e. The molecule has 0 radical (unpaired) electrons. The van der Waals surface area contributed by atoms with Crippen molar-refractivity contribution in [2.45, 2.75) is 37.8 Å². The van der Waals surface area contributed by atoms with E-state index in [1.807, 2.05) is 0 Å². The van der Waals surface area contributed by atoms with Crippen LogP contribution in [0.2, 0.25) is 0 Å². The summed E-state index contributed by atoms with van der Waals surface area (Å²) in [6.07, 6.45) is 4.84. The minimum absolute atomic E-state index is 0.0545. The van der Waals surface area contributed by atoms with Gasteiger partial charge in [-0.15, -0.1) is 0 Å². The quantitative estimate of drug-likeness (QED) is 0.685. The molecule has 1 aliphatic carbocycles. The highest BCUT2D eigenvalue weighted by atomic mass is 16.5. The van der Waals surface area contributed by atoms with Crippen LogP contribution < -0.4 is 10.6 Å². The normalized spacial score (nSPS) is 27.3. The van der Waals surface area contributed by atoms with Gasteiger partial charge in [0.1, 0.15) is 0 Å². The Labute approximate surface area is 85.4 Å². The van der Waals surface area contributed by atoms with E-state index in [9.17, 15) is 4.79 Å². The van der Waals surface area contributed by atoms with Crippen LogP contribution in [0.5, 0.6) is 0 Å². The van der Waals surface area contributed by atoms with E-state index in [0.29, 0.717) is 18.7 Å². The Hall–Kier alpha value is -0.610. The van der Waals surface area contributed by atoms with Crippen LogP contribution in [0.3, 0.4) is 0 Å². The van der Waals surface area contributed by atoms with Gasteiger partial charge in [0.2, 0.25) is 5.91 Å². The van der Waals surface area contributed by atoms with Gasteiger partial charge in [-0.2, -0.15) is 0 Å². The summed E-state index contributed by atoms with van der Waals surface area (Å²) < 4.78 is 5.28. The van der Waals surface area contributed by atoms with E-state index in [2.05, 4.69) is 10.6 Å². The fraction of sp³-hybridized carbons (Fsp3) is 0.900.